The molecule has 0 aromatic heterocycles. The minimum Gasteiger partial charge on any atom is -0.395 e. The number of nitrogens with zero attached hydrogens (tertiary/aromatic N) is 1. The van der Waals surface area contributed by atoms with Crippen LogP contribution >= 0.6 is 0 Å². The van der Waals surface area contributed by atoms with Crippen LogP contribution in [0, 0.1) is 12.3 Å². The highest BCUT2D eigenvalue weighted by molar-refractivity contribution is 4.90. The highest BCUT2D eigenvalue weighted by Crippen LogP contribution is 2.10. The van der Waals surface area contributed by atoms with E-state index in [-0.39, 0.29) is 12.6 Å². The Kier molecular flexibility index (Phi) is 4.95. The van der Waals surface area contributed by atoms with Crippen LogP contribution in [0.3, 0.4) is 0 Å². The molecule has 0 unspecified atom stereocenters. The van der Waals surface area contributed by atoms with E-state index in [2.05, 4.69) is 16.1 Å². The predicted molar refractivity (Wildman–Crippen MR) is 58.0 cm³/mol. The Labute approximate surface area is 86.5 Å². The number of hydrogen-bond donors (Lipinski definition) is 2. The third-order valence-electron chi connectivity index (χ3n) is 2.70. The van der Waals surface area contributed by atoms with Gasteiger partial charge in [0, 0.05) is 25.2 Å². The van der Waals surface area contributed by atoms with E-state index in [0.717, 1.165) is 32.5 Å². The number of piperidine rings is 1. The van der Waals surface area contributed by atoms with Crippen LogP contribution in [-0.4, -0.2) is 48.3 Å². The molecule has 3 heteroatoms. The van der Waals surface area contributed by atoms with Crippen LogP contribution in [0.15, 0.2) is 0 Å². The van der Waals surface area contributed by atoms with Gasteiger partial charge in [-0.1, -0.05) is 5.92 Å². The van der Waals surface area contributed by atoms with E-state index >= 15 is 0 Å². The summed E-state index contributed by atoms with van der Waals surface area (Å²) in [5.41, 5.74) is 0. The molecule has 0 spiro atoms. The first-order valence-corrected chi connectivity index (χ1v) is 5.29. The normalized spacial score (nSPS) is 21.8. The Morgan fingerprint density at radius 1 is 1.57 bits per heavy atom. The molecule has 1 aliphatic heterocycles. The zero-order valence-electron chi connectivity index (χ0n) is 8.87. The van der Waals surface area contributed by atoms with E-state index in [0.29, 0.717) is 6.04 Å². The molecule has 0 amide bonds. The number of hydrogen-bond acceptors (Lipinski definition) is 3. The first-order chi connectivity index (χ1) is 6.76. The molecule has 0 aromatic rings. The van der Waals surface area contributed by atoms with Gasteiger partial charge in [0.15, 0.2) is 0 Å². The minimum absolute atomic E-state index is 0.208. The quantitative estimate of drug-likeness (QED) is 0.624. The van der Waals surface area contributed by atoms with Gasteiger partial charge < -0.3 is 10.4 Å². The van der Waals surface area contributed by atoms with Crippen molar-refractivity contribution >= 4 is 0 Å². The van der Waals surface area contributed by atoms with Crippen molar-refractivity contribution in [2.75, 3.05) is 26.2 Å². The summed E-state index contributed by atoms with van der Waals surface area (Å²) >= 11 is 0. The highest BCUT2D eigenvalue weighted by atomic mass is 16.3. The molecule has 0 aliphatic carbocycles. The van der Waals surface area contributed by atoms with E-state index in [1.165, 1.54) is 0 Å². The molecule has 0 aromatic carbocycles. The Morgan fingerprint density at radius 3 is 2.71 bits per heavy atom. The van der Waals surface area contributed by atoms with Crippen LogP contribution in [0.1, 0.15) is 19.8 Å². The first kappa shape index (κ1) is 11.5. The molecular weight excluding hydrogens is 176 g/mol. The molecule has 0 saturated carbocycles. The standard InChI is InChI=1S/C11H20N2O/c1-3-6-13-7-4-11(5-8-13)12-10(2)9-14/h1,10-12,14H,4-9H2,2H3/t10-/m1/s1. The van der Waals surface area contributed by atoms with Gasteiger partial charge in [0.2, 0.25) is 0 Å². The third-order valence-corrected chi connectivity index (χ3v) is 2.70. The third kappa shape index (κ3) is 3.67. The van der Waals surface area contributed by atoms with E-state index < -0.39 is 0 Å². The molecule has 1 atom stereocenters. The van der Waals surface area contributed by atoms with Gasteiger partial charge in [-0.2, -0.15) is 0 Å². The monoisotopic (exact) mass is 196 g/mol. The van der Waals surface area contributed by atoms with E-state index in [1.807, 2.05) is 6.92 Å². The van der Waals surface area contributed by atoms with Crippen molar-refractivity contribution in [1.82, 2.24) is 10.2 Å². The largest absolute Gasteiger partial charge is 0.395 e. The lowest BCUT2D eigenvalue weighted by molar-refractivity contribution is 0.187. The summed E-state index contributed by atoms with van der Waals surface area (Å²) in [4.78, 5) is 2.29. The zero-order valence-corrected chi connectivity index (χ0v) is 8.87. The molecule has 80 valence electrons. The molecule has 1 aliphatic rings. The van der Waals surface area contributed by atoms with Gasteiger partial charge in [-0.15, -0.1) is 6.42 Å². The van der Waals surface area contributed by atoms with Crippen molar-refractivity contribution in [3.8, 4) is 12.3 Å². The lowest BCUT2D eigenvalue weighted by atomic mass is 10.0. The van der Waals surface area contributed by atoms with Gasteiger partial charge in [0.05, 0.1) is 13.2 Å². The lowest BCUT2D eigenvalue weighted by Gasteiger charge is -2.32. The van der Waals surface area contributed by atoms with Crippen LogP contribution in [0.4, 0.5) is 0 Å². The maximum atomic E-state index is 8.90. The number of aliphatic hydroxyl groups is 1. The Bertz CT molecular complexity index is 192. The topological polar surface area (TPSA) is 35.5 Å². The number of aliphatic hydroxyl groups excluding tert-OH is 1. The second kappa shape index (κ2) is 6.02. The first-order valence-electron chi connectivity index (χ1n) is 5.29. The molecule has 1 rings (SSSR count). The molecule has 1 heterocycles. The smallest absolute Gasteiger partial charge is 0.0598 e. The van der Waals surface area contributed by atoms with E-state index in [9.17, 15) is 0 Å². The average molecular weight is 196 g/mol. The Morgan fingerprint density at radius 2 is 2.21 bits per heavy atom. The Balaban J connectivity index is 2.19. The second-order valence-corrected chi connectivity index (χ2v) is 4.00. The summed E-state index contributed by atoms with van der Waals surface area (Å²) in [7, 11) is 0. The zero-order chi connectivity index (χ0) is 10.4. The summed E-state index contributed by atoms with van der Waals surface area (Å²) in [6, 6.07) is 0.755. The molecule has 3 nitrogen and oxygen atoms in total. The molecule has 1 saturated heterocycles. The fourth-order valence-corrected chi connectivity index (χ4v) is 1.84. The lowest BCUT2D eigenvalue weighted by Crippen LogP contribution is -2.46. The maximum Gasteiger partial charge on any atom is 0.0598 e. The Hall–Kier alpha value is -0.560. The molecule has 0 radical (unpaired) electrons. The van der Waals surface area contributed by atoms with Gasteiger partial charge in [-0.25, -0.2) is 0 Å². The number of nitrogens with one attached hydrogen (secondary N) is 1. The second-order valence-electron chi connectivity index (χ2n) is 4.00. The SMILES string of the molecule is C#CCN1CCC(N[C@H](C)CO)CC1. The summed E-state index contributed by atoms with van der Waals surface area (Å²) in [6.07, 6.45) is 7.52. The van der Waals surface area contributed by atoms with Gasteiger partial charge >= 0.3 is 0 Å². The summed E-state index contributed by atoms with van der Waals surface area (Å²) in [5.74, 6) is 2.67. The van der Waals surface area contributed by atoms with Gasteiger partial charge in [0.25, 0.3) is 0 Å². The highest BCUT2D eigenvalue weighted by Gasteiger charge is 2.19. The summed E-state index contributed by atoms with van der Waals surface area (Å²) < 4.78 is 0. The predicted octanol–water partition coefficient (Wildman–Crippen LogP) is 0.0544. The van der Waals surface area contributed by atoms with Crippen molar-refractivity contribution < 1.29 is 5.11 Å². The van der Waals surface area contributed by atoms with Crippen LogP contribution in [0.25, 0.3) is 0 Å². The van der Waals surface area contributed by atoms with Crippen LogP contribution in [0.2, 0.25) is 0 Å². The van der Waals surface area contributed by atoms with Crippen molar-refractivity contribution in [3.05, 3.63) is 0 Å². The van der Waals surface area contributed by atoms with Crippen LogP contribution in [0.5, 0.6) is 0 Å². The summed E-state index contributed by atoms with van der Waals surface area (Å²) in [6.45, 7) is 5.13. The van der Waals surface area contributed by atoms with Gasteiger partial charge in [0.1, 0.15) is 0 Å². The minimum atomic E-state index is 0.208. The molecule has 0 bridgehead atoms. The van der Waals surface area contributed by atoms with Gasteiger partial charge in [-0.05, 0) is 19.8 Å². The van der Waals surface area contributed by atoms with Crippen LogP contribution in [-0.2, 0) is 0 Å². The van der Waals surface area contributed by atoms with Gasteiger partial charge in [-0.3, -0.25) is 4.90 Å². The number of terminal acetylenes is 1. The number of rotatable bonds is 4. The summed E-state index contributed by atoms with van der Waals surface area (Å²) in [5, 5.41) is 12.3. The van der Waals surface area contributed by atoms with Crippen molar-refractivity contribution in [1.29, 1.82) is 0 Å². The molecule has 2 N–H and O–H groups in total. The van der Waals surface area contributed by atoms with E-state index in [1.54, 1.807) is 0 Å². The van der Waals surface area contributed by atoms with Crippen LogP contribution < -0.4 is 5.32 Å². The fraction of sp³-hybridized carbons (Fsp3) is 0.818. The maximum absolute atomic E-state index is 8.90. The number of likely N-dealkylation sites (tertiary alicyclic amines) is 1. The van der Waals surface area contributed by atoms with Crippen molar-refractivity contribution in [2.24, 2.45) is 0 Å². The average Bonchev–Trinajstić information content (AvgIpc) is 2.21. The molecule has 14 heavy (non-hydrogen) atoms. The molecular formula is C11H20N2O. The van der Waals surface area contributed by atoms with Crippen molar-refractivity contribution in [2.45, 2.75) is 31.8 Å². The van der Waals surface area contributed by atoms with Crippen molar-refractivity contribution in [3.63, 3.8) is 0 Å². The molecule has 1 fully saturated rings. The fourth-order valence-electron chi connectivity index (χ4n) is 1.84. The van der Waals surface area contributed by atoms with E-state index in [4.69, 9.17) is 11.5 Å².